The number of likely N-dealkylation sites (N-methyl/N-ethyl adjacent to an activating group) is 1. The number of hydrogen-bond acceptors (Lipinski definition) is 4. The van der Waals surface area contributed by atoms with E-state index in [1.54, 1.807) is 6.92 Å². The molecule has 19 heavy (non-hydrogen) atoms. The SMILES string of the molecule is CCC1C(O)N(c2cc(C(F)(F)F)no2)C(=O)N1C. The van der Waals surface area contributed by atoms with Crippen LogP contribution >= 0.6 is 0 Å². The standard InChI is InChI=1S/C10H12F3N3O3/c1-3-5-8(17)16(9(18)15(5)2)7-4-6(14-19-7)10(11,12)13/h4-5,8,17H,3H2,1-2H3. The Morgan fingerprint density at radius 3 is 2.58 bits per heavy atom. The number of aliphatic hydroxyl groups excluding tert-OH is 1. The van der Waals surface area contributed by atoms with Gasteiger partial charge in [-0.3, -0.25) is 0 Å². The van der Waals surface area contributed by atoms with Crippen molar-refractivity contribution in [3.05, 3.63) is 11.8 Å². The van der Waals surface area contributed by atoms with Crippen LogP contribution in [-0.4, -0.2) is 40.5 Å². The summed E-state index contributed by atoms with van der Waals surface area (Å²) in [5.41, 5.74) is -1.25. The molecule has 0 spiro atoms. The smallest absolute Gasteiger partial charge is 0.371 e. The number of nitrogens with zero attached hydrogens (tertiary/aromatic N) is 3. The lowest BCUT2D eigenvalue weighted by molar-refractivity contribution is -0.142. The molecule has 2 rings (SSSR count). The molecule has 0 radical (unpaired) electrons. The summed E-state index contributed by atoms with van der Waals surface area (Å²) in [6.07, 6.45) is -5.47. The number of anilines is 1. The van der Waals surface area contributed by atoms with Crippen molar-refractivity contribution < 1.29 is 27.6 Å². The largest absolute Gasteiger partial charge is 0.436 e. The molecule has 2 amide bonds. The molecule has 1 fully saturated rings. The van der Waals surface area contributed by atoms with Crippen LogP contribution in [0.3, 0.4) is 0 Å². The van der Waals surface area contributed by atoms with Crippen LogP contribution in [0.15, 0.2) is 10.6 Å². The van der Waals surface area contributed by atoms with E-state index in [-0.39, 0.29) is 0 Å². The van der Waals surface area contributed by atoms with Crippen LogP contribution in [0.1, 0.15) is 19.0 Å². The molecule has 9 heteroatoms. The van der Waals surface area contributed by atoms with Crippen molar-refractivity contribution >= 4 is 11.9 Å². The molecule has 1 aliphatic heterocycles. The first-order valence-electron chi connectivity index (χ1n) is 5.55. The van der Waals surface area contributed by atoms with Crippen LogP contribution in [0, 0.1) is 0 Å². The van der Waals surface area contributed by atoms with E-state index in [2.05, 4.69) is 9.68 Å². The predicted octanol–water partition coefficient (Wildman–Crippen LogP) is 1.66. The minimum absolute atomic E-state index is 0.423. The van der Waals surface area contributed by atoms with E-state index >= 15 is 0 Å². The zero-order chi connectivity index (χ0) is 14.4. The number of aromatic nitrogens is 1. The molecular formula is C10H12F3N3O3. The molecule has 6 nitrogen and oxygen atoms in total. The highest BCUT2D eigenvalue weighted by molar-refractivity contribution is 5.93. The number of carbonyl (C=O) groups is 1. The van der Waals surface area contributed by atoms with Gasteiger partial charge in [0.05, 0.1) is 6.04 Å². The first-order chi connectivity index (χ1) is 8.77. The van der Waals surface area contributed by atoms with E-state index in [0.29, 0.717) is 12.5 Å². The van der Waals surface area contributed by atoms with E-state index in [4.69, 9.17) is 0 Å². The lowest BCUT2D eigenvalue weighted by Crippen LogP contribution is -2.36. The highest BCUT2D eigenvalue weighted by Gasteiger charge is 2.45. The molecule has 106 valence electrons. The number of amides is 2. The number of aliphatic hydroxyl groups is 1. The van der Waals surface area contributed by atoms with E-state index in [0.717, 1.165) is 4.90 Å². The van der Waals surface area contributed by atoms with Crippen LogP contribution in [0.2, 0.25) is 0 Å². The van der Waals surface area contributed by atoms with Crippen molar-refractivity contribution in [1.82, 2.24) is 10.1 Å². The molecule has 2 atom stereocenters. The van der Waals surface area contributed by atoms with Gasteiger partial charge in [0.1, 0.15) is 0 Å². The second-order valence-corrected chi connectivity index (χ2v) is 4.20. The molecule has 1 N–H and O–H groups in total. The predicted molar refractivity (Wildman–Crippen MR) is 57.2 cm³/mol. The average Bonchev–Trinajstić information content (AvgIpc) is 2.85. The zero-order valence-corrected chi connectivity index (χ0v) is 10.2. The Kier molecular flexibility index (Phi) is 3.17. The number of halogens is 3. The molecule has 0 bridgehead atoms. The van der Waals surface area contributed by atoms with Crippen molar-refractivity contribution in [1.29, 1.82) is 0 Å². The molecular weight excluding hydrogens is 267 g/mol. The Morgan fingerprint density at radius 1 is 1.53 bits per heavy atom. The maximum absolute atomic E-state index is 12.4. The van der Waals surface area contributed by atoms with Crippen molar-refractivity contribution in [2.24, 2.45) is 0 Å². The summed E-state index contributed by atoms with van der Waals surface area (Å²) in [7, 11) is 1.46. The fourth-order valence-electron chi connectivity index (χ4n) is 2.02. The average molecular weight is 279 g/mol. The molecule has 1 aromatic rings. The molecule has 2 unspecified atom stereocenters. The lowest BCUT2D eigenvalue weighted by atomic mass is 10.2. The minimum atomic E-state index is -4.66. The first kappa shape index (κ1) is 13.7. The van der Waals surface area contributed by atoms with Crippen LogP contribution in [0.4, 0.5) is 23.8 Å². The van der Waals surface area contributed by atoms with Crippen molar-refractivity contribution in [3.63, 3.8) is 0 Å². The van der Waals surface area contributed by atoms with Gasteiger partial charge >= 0.3 is 12.2 Å². The van der Waals surface area contributed by atoms with Gasteiger partial charge in [-0.25, -0.2) is 9.69 Å². The summed E-state index contributed by atoms with van der Waals surface area (Å²) in [6.45, 7) is 1.75. The quantitative estimate of drug-likeness (QED) is 0.893. The molecule has 0 saturated carbocycles. The van der Waals surface area contributed by atoms with E-state index in [1.807, 2.05) is 0 Å². The van der Waals surface area contributed by atoms with Gasteiger partial charge in [0.2, 0.25) is 5.88 Å². The number of carbonyl (C=O) groups excluding carboxylic acids is 1. The fourth-order valence-corrected chi connectivity index (χ4v) is 2.02. The minimum Gasteiger partial charge on any atom is -0.371 e. The number of urea groups is 1. The maximum Gasteiger partial charge on any atom is 0.436 e. The Hall–Kier alpha value is -1.77. The normalized spacial score (nSPS) is 24.4. The fraction of sp³-hybridized carbons (Fsp3) is 0.600. The number of hydrogen-bond donors (Lipinski definition) is 1. The number of alkyl halides is 3. The second kappa shape index (κ2) is 4.41. The molecule has 1 aromatic heterocycles. The molecule has 0 aromatic carbocycles. The highest BCUT2D eigenvalue weighted by Crippen LogP contribution is 2.34. The van der Waals surface area contributed by atoms with Crippen molar-refractivity contribution in [2.75, 3.05) is 11.9 Å². The second-order valence-electron chi connectivity index (χ2n) is 4.20. The lowest BCUT2D eigenvalue weighted by Gasteiger charge is -2.18. The summed E-state index contributed by atoms with van der Waals surface area (Å²) in [5, 5.41) is 12.8. The third-order valence-electron chi connectivity index (χ3n) is 3.06. The molecule has 0 aliphatic carbocycles. The van der Waals surface area contributed by atoms with E-state index in [1.165, 1.54) is 11.9 Å². The molecule has 1 saturated heterocycles. The highest BCUT2D eigenvalue weighted by atomic mass is 19.4. The van der Waals surface area contributed by atoms with Gasteiger partial charge in [-0.05, 0) is 6.42 Å². The molecule has 1 aliphatic rings. The Balaban J connectivity index is 2.32. The van der Waals surface area contributed by atoms with Crippen LogP contribution in [0.5, 0.6) is 0 Å². The Morgan fingerprint density at radius 2 is 2.16 bits per heavy atom. The van der Waals surface area contributed by atoms with Crippen LogP contribution < -0.4 is 4.90 Å². The van der Waals surface area contributed by atoms with E-state index in [9.17, 15) is 23.1 Å². The van der Waals surface area contributed by atoms with Gasteiger partial charge in [0.25, 0.3) is 0 Å². The third-order valence-corrected chi connectivity index (χ3v) is 3.06. The summed E-state index contributed by atoms with van der Waals surface area (Å²) in [6, 6.07) is -0.552. The summed E-state index contributed by atoms with van der Waals surface area (Å²) in [5.74, 6) is -0.423. The Labute approximate surface area is 106 Å². The molecule has 2 heterocycles. The summed E-state index contributed by atoms with van der Waals surface area (Å²) < 4.78 is 41.7. The zero-order valence-electron chi connectivity index (χ0n) is 10.2. The van der Waals surface area contributed by atoms with Gasteiger partial charge in [-0.15, -0.1) is 0 Å². The Bertz CT molecular complexity index is 488. The summed E-state index contributed by atoms with van der Waals surface area (Å²) in [4.78, 5) is 13.9. The third kappa shape index (κ3) is 2.14. The maximum atomic E-state index is 12.4. The van der Waals surface area contributed by atoms with Gasteiger partial charge in [0.15, 0.2) is 11.9 Å². The van der Waals surface area contributed by atoms with Crippen molar-refractivity contribution in [2.45, 2.75) is 31.8 Å². The van der Waals surface area contributed by atoms with Crippen LogP contribution in [0.25, 0.3) is 0 Å². The monoisotopic (exact) mass is 279 g/mol. The van der Waals surface area contributed by atoms with Crippen molar-refractivity contribution in [3.8, 4) is 0 Å². The first-order valence-corrected chi connectivity index (χ1v) is 5.55. The topological polar surface area (TPSA) is 69.8 Å². The summed E-state index contributed by atoms with van der Waals surface area (Å²) >= 11 is 0. The van der Waals surface area contributed by atoms with Gasteiger partial charge in [0, 0.05) is 13.1 Å². The van der Waals surface area contributed by atoms with Gasteiger partial charge in [-0.2, -0.15) is 13.2 Å². The van der Waals surface area contributed by atoms with Gasteiger partial charge < -0.3 is 14.5 Å². The number of rotatable bonds is 2. The van der Waals surface area contributed by atoms with E-state index < -0.39 is 36.1 Å². The van der Waals surface area contributed by atoms with Gasteiger partial charge in [-0.1, -0.05) is 12.1 Å². The van der Waals surface area contributed by atoms with Crippen LogP contribution in [-0.2, 0) is 6.18 Å².